The molecule has 1 aliphatic rings. The predicted molar refractivity (Wildman–Crippen MR) is 65.8 cm³/mol. The molecule has 1 aliphatic heterocycles. The van der Waals surface area contributed by atoms with Crippen molar-refractivity contribution < 1.29 is 9.84 Å². The Morgan fingerprint density at radius 3 is 3.18 bits per heavy atom. The van der Waals surface area contributed by atoms with E-state index in [4.69, 9.17) is 4.74 Å². The van der Waals surface area contributed by atoms with Gasteiger partial charge in [0.1, 0.15) is 0 Å². The number of nitrogens with zero attached hydrogens (tertiary/aromatic N) is 1. The van der Waals surface area contributed by atoms with Gasteiger partial charge in [0.05, 0.1) is 18.8 Å². The smallest absolute Gasteiger partial charge is 0.0676 e. The Balaban J connectivity index is 1.89. The molecular weight excluding hydrogens is 216 g/mol. The molecule has 94 valence electrons. The lowest BCUT2D eigenvalue weighted by atomic mass is 9.90. The summed E-state index contributed by atoms with van der Waals surface area (Å²) in [5.41, 5.74) is 0.343. The van der Waals surface area contributed by atoms with Crippen molar-refractivity contribution in [3.05, 3.63) is 30.1 Å². The molecule has 1 fully saturated rings. The molecule has 2 rings (SSSR count). The molecule has 2 heterocycles. The number of nitrogens with one attached hydrogen (secondary N) is 1. The highest BCUT2D eigenvalue weighted by molar-refractivity contribution is 5.11. The Labute approximate surface area is 102 Å². The first-order valence-electron chi connectivity index (χ1n) is 6.08. The van der Waals surface area contributed by atoms with E-state index < -0.39 is 5.60 Å². The van der Waals surface area contributed by atoms with Crippen LogP contribution in [0.1, 0.15) is 18.9 Å². The molecule has 1 saturated heterocycles. The highest BCUT2D eigenvalue weighted by atomic mass is 16.5. The molecule has 4 nitrogen and oxygen atoms in total. The zero-order chi connectivity index (χ0) is 12.1. The van der Waals surface area contributed by atoms with Gasteiger partial charge in [0, 0.05) is 31.4 Å². The van der Waals surface area contributed by atoms with Gasteiger partial charge in [-0.25, -0.2) is 0 Å². The van der Waals surface area contributed by atoms with Crippen molar-refractivity contribution in [2.45, 2.75) is 31.4 Å². The minimum absolute atomic E-state index is 0.246. The molecule has 0 saturated carbocycles. The quantitative estimate of drug-likeness (QED) is 0.810. The third-order valence-electron chi connectivity index (χ3n) is 2.99. The highest BCUT2D eigenvalue weighted by Gasteiger charge is 2.27. The van der Waals surface area contributed by atoms with E-state index in [0.717, 1.165) is 18.7 Å². The molecule has 2 N–H and O–H groups in total. The molecule has 0 spiro atoms. The molecular formula is C13H20N2O2. The molecule has 0 radical (unpaired) electrons. The predicted octanol–water partition coefficient (Wildman–Crippen LogP) is 0.754. The van der Waals surface area contributed by atoms with Gasteiger partial charge in [-0.15, -0.1) is 0 Å². The number of ether oxygens (including phenoxy) is 1. The Morgan fingerprint density at radius 2 is 2.53 bits per heavy atom. The van der Waals surface area contributed by atoms with Crippen LogP contribution in [0.2, 0.25) is 0 Å². The van der Waals surface area contributed by atoms with Crippen molar-refractivity contribution in [2.24, 2.45) is 0 Å². The monoisotopic (exact) mass is 236 g/mol. The molecule has 0 amide bonds. The molecule has 0 aromatic carbocycles. The first-order chi connectivity index (χ1) is 8.16. The fourth-order valence-corrected chi connectivity index (χ4v) is 2.30. The van der Waals surface area contributed by atoms with Gasteiger partial charge in [0.2, 0.25) is 0 Å². The second-order valence-corrected chi connectivity index (χ2v) is 4.97. The van der Waals surface area contributed by atoms with Gasteiger partial charge >= 0.3 is 0 Å². The third-order valence-corrected chi connectivity index (χ3v) is 2.99. The van der Waals surface area contributed by atoms with Gasteiger partial charge < -0.3 is 15.2 Å². The first kappa shape index (κ1) is 12.5. The van der Waals surface area contributed by atoms with E-state index in [1.54, 1.807) is 12.4 Å². The molecule has 2 atom stereocenters. The summed E-state index contributed by atoms with van der Waals surface area (Å²) in [6.45, 7) is 4.19. The SMILES string of the molecule is CC(O)(Cc1cccnc1)CC1COCCN1. The fourth-order valence-electron chi connectivity index (χ4n) is 2.30. The normalized spacial score (nSPS) is 24.2. The second kappa shape index (κ2) is 5.58. The summed E-state index contributed by atoms with van der Waals surface area (Å²) in [7, 11) is 0. The van der Waals surface area contributed by atoms with Crippen LogP contribution in [-0.4, -0.2) is 41.5 Å². The van der Waals surface area contributed by atoms with Gasteiger partial charge in [-0.05, 0) is 25.0 Å². The standard InChI is InChI=1S/C13H20N2O2/c1-13(16,7-11-3-2-4-14-9-11)8-12-10-17-6-5-15-12/h2-4,9,12,15-16H,5-8,10H2,1H3. The molecule has 4 heteroatoms. The molecule has 0 aliphatic carbocycles. The number of morpholine rings is 1. The molecule has 2 unspecified atom stereocenters. The lowest BCUT2D eigenvalue weighted by molar-refractivity contribution is 0.00647. The number of hydrogen-bond donors (Lipinski definition) is 2. The Kier molecular flexibility index (Phi) is 4.10. The van der Waals surface area contributed by atoms with Crippen LogP contribution in [0.15, 0.2) is 24.5 Å². The van der Waals surface area contributed by atoms with Crippen LogP contribution >= 0.6 is 0 Å². The Hall–Kier alpha value is -0.970. The van der Waals surface area contributed by atoms with E-state index in [0.29, 0.717) is 19.4 Å². The summed E-state index contributed by atoms with van der Waals surface area (Å²) in [4.78, 5) is 4.06. The Morgan fingerprint density at radius 1 is 1.65 bits per heavy atom. The summed E-state index contributed by atoms with van der Waals surface area (Å²) in [6, 6.07) is 4.13. The van der Waals surface area contributed by atoms with E-state index >= 15 is 0 Å². The lowest BCUT2D eigenvalue weighted by Crippen LogP contribution is -2.46. The minimum Gasteiger partial charge on any atom is -0.390 e. The van der Waals surface area contributed by atoms with E-state index in [1.807, 2.05) is 19.1 Å². The number of hydrogen-bond acceptors (Lipinski definition) is 4. The zero-order valence-electron chi connectivity index (χ0n) is 10.2. The minimum atomic E-state index is -0.721. The van der Waals surface area contributed by atoms with Crippen molar-refractivity contribution in [3.63, 3.8) is 0 Å². The number of rotatable bonds is 4. The van der Waals surface area contributed by atoms with Crippen LogP contribution in [0, 0.1) is 0 Å². The molecule has 17 heavy (non-hydrogen) atoms. The zero-order valence-corrected chi connectivity index (χ0v) is 10.2. The maximum atomic E-state index is 10.4. The van der Waals surface area contributed by atoms with Crippen molar-refractivity contribution in [1.29, 1.82) is 0 Å². The van der Waals surface area contributed by atoms with E-state index in [-0.39, 0.29) is 6.04 Å². The largest absolute Gasteiger partial charge is 0.390 e. The van der Waals surface area contributed by atoms with Crippen molar-refractivity contribution in [1.82, 2.24) is 10.3 Å². The fraction of sp³-hybridized carbons (Fsp3) is 0.615. The van der Waals surface area contributed by atoms with Crippen LogP contribution in [0.25, 0.3) is 0 Å². The van der Waals surface area contributed by atoms with Gasteiger partial charge in [-0.1, -0.05) is 6.07 Å². The topological polar surface area (TPSA) is 54.4 Å². The van der Waals surface area contributed by atoms with Gasteiger partial charge in [0.15, 0.2) is 0 Å². The maximum Gasteiger partial charge on any atom is 0.0676 e. The van der Waals surface area contributed by atoms with Crippen LogP contribution in [0.5, 0.6) is 0 Å². The van der Waals surface area contributed by atoms with E-state index in [1.165, 1.54) is 0 Å². The van der Waals surface area contributed by atoms with Crippen LogP contribution in [0.4, 0.5) is 0 Å². The maximum absolute atomic E-state index is 10.4. The number of aromatic nitrogens is 1. The lowest BCUT2D eigenvalue weighted by Gasteiger charge is -2.31. The summed E-state index contributed by atoms with van der Waals surface area (Å²) in [5.74, 6) is 0. The second-order valence-electron chi connectivity index (χ2n) is 4.97. The van der Waals surface area contributed by atoms with Gasteiger partial charge in [0.25, 0.3) is 0 Å². The highest BCUT2D eigenvalue weighted by Crippen LogP contribution is 2.19. The number of pyridine rings is 1. The Bertz CT molecular complexity index is 335. The number of aliphatic hydroxyl groups is 1. The van der Waals surface area contributed by atoms with Crippen LogP contribution in [-0.2, 0) is 11.2 Å². The average molecular weight is 236 g/mol. The van der Waals surface area contributed by atoms with Crippen LogP contribution in [0.3, 0.4) is 0 Å². The third kappa shape index (κ3) is 4.07. The first-order valence-corrected chi connectivity index (χ1v) is 6.08. The van der Waals surface area contributed by atoms with Crippen molar-refractivity contribution >= 4 is 0 Å². The van der Waals surface area contributed by atoms with Crippen molar-refractivity contribution in [2.75, 3.05) is 19.8 Å². The van der Waals surface area contributed by atoms with Crippen molar-refractivity contribution in [3.8, 4) is 0 Å². The average Bonchev–Trinajstić information content (AvgIpc) is 2.30. The molecule has 1 aromatic heterocycles. The van der Waals surface area contributed by atoms with E-state index in [2.05, 4.69) is 10.3 Å². The summed E-state index contributed by atoms with van der Waals surface area (Å²) in [6.07, 6.45) is 4.87. The van der Waals surface area contributed by atoms with Crippen LogP contribution < -0.4 is 5.32 Å². The summed E-state index contributed by atoms with van der Waals surface area (Å²) >= 11 is 0. The van der Waals surface area contributed by atoms with Gasteiger partial charge in [-0.2, -0.15) is 0 Å². The summed E-state index contributed by atoms with van der Waals surface area (Å²) < 4.78 is 5.39. The summed E-state index contributed by atoms with van der Waals surface area (Å²) in [5, 5.41) is 13.8. The van der Waals surface area contributed by atoms with Gasteiger partial charge in [-0.3, -0.25) is 4.98 Å². The van der Waals surface area contributed by atoms with E-state index in [9.17, 15) is 5.11 Å². The molecule has 0 bridgehead atoms. The molecule has 1 aromatic rings.